The predicted molar refractivity (Wildman–Crippen MR) is 96.8 cm³/mol. The number of rotatable bonds is 5. The predicted octanol–water partition coefficient (Wildman–Crippen LogP) is 5.39. The van der Waals surface area contributed by atoms with Crippen LogP contribution < -0.4 is 10.1 Å². The second-order valence-electron chi connectivity index (χ2n) is 5.07. The van der Waals surface area contributed by atoms with Crippen LogP contribution in [0.4, 0.5) is 5.69 Å². The number of methoxy groups -OCH3 is 1. The molecule has 0 aliphatic carbocycles. The summed E-state index contributed by atoms with van der Waals surface area (Å²) in [5.41, 5.74) is 4.39. The van der Waals surface area contributed by atoms with Crippen LogP contribution in [0.15, 0.2) is 53.2 Å². The SMILES string of the molecule is COc1cc(CNc2ccc(-c3ccsc3)cc2)cc(Cl)c1O. The Hall–Kier alpha value is -2.17. The van der Waals surface area contributed by atoms with Gasteiger partial charge in [-0.05, 0) is 57.8 Å². The van der Waals surface area contributed by atoms with Crippen molar-refractivity contribution in [2.45, 2.75) is 6.54 Å². The van der Waals surface area contributed by atoms with Crippen molar-refractivity contribution in [3.8, 4) is 22.6 Å². The molecule has 3 nitrogen and oxygen atoms in total. The fourth-order valence-corrected chi connectivity index (χ4v) is 3.20. The highest BCUT2D eigenvalue weighted by Gasteiger charge is 2.08. The Morgan fingerprint density at radius 2 is 1.91 bits per heavy atom. The largest absolute Gasteiger partial charge is 0.503 e. The Kier molecular flexibility index (Phi) is 4.74. The van der Waals surface area contributed by atoms with E-state index in [4.69, 9.17) is 16.3 Å². The maximum absolute atomic E-state index is 9.75. The van der Waals surface area contributed by atoms with Gasteiger partial charge in [-0.2, -0.15) is 11.3 Å². The molecule has 3 aromatic rings. The molecule has 118 valence electrons. The highest BCUT2D eigenvalue weighted by atomic mass is 35.5. The van der Waals surface area contributed by atoms with Crippen LogP contribution in [-0.2, 0) is 6.54 Å². The zero-order valence-electron chi connectivity index (χ0n) is 12.5. The number of phenolic OH excluding ortho intramolecular Hbond substituents is 1. The molecule has 3 rings (SSSR count). The van der Waals surface area contributed by atoms with E-state index >= 15 is 0 Å². The van der Waals surface area contributed by atoms with Gasteiger partial charge in [0.2, 0.25) is 0 Å². The van der Waals surface area contributed by atoms with E-state index < -0.39 is 0 Å². The number of thiophene rings is 1. The van der Waals surface area contributed by atoms with Gasteiger partial charge < -0.3 is 15.2 Å². The molecule has 0 saturated heterocycles. The second kappa shape index (κ2) is 6.94. The quantitative estimate of drug-likeness (QED) is 0.651. The molecule has 1 aromatic heterocycles. The van der Waals surface area contributed by atoms with E-state index in [0.717, 1.165) is 11.3 Å². The third kappa shape index (κ3) is 3.60. The minimum Gasteiger partial charge on any atom is -0.503 e. The number of anilines is 1. The number of phenols is 1. The van der Waals surface area contributed by atoms with Crippen molar-refractivity contribution in [2.24, 2.45) is 0 Å². The van der Waals surface area contributed by atoms with Crippen molar-refractivity contribution in [1.82, 2.24) is 0 Å². The Bertz CT molecular complexity index is 786. The Morgan fingerprint density at radius 3 is 2.57 bits per heavy atom. The molecule has 0 aliphatic heterocycles. The first-order chi connectivity index (χ1) is 11.2. The molecule has 0 atom stereocenters. The van der Waals surface area contributed by atoms with E-state index in [-0.39, 0.29) is 10.8 Å². The second-order valence-corrected chi connectivity index (χ2v) is 6.26. The topological polar surface area (TPSA) is 41.5 Å². The van der Waals surface area contributed by atoms with Gasteiger partial charge in [0.25, 0.3) is 0 Å². The smallest absolute Gasteiger partial charge is 0.176 e. The summed E-state index contributed by atoms with van der Waals surface area (Å²) in [4.78, 5) is 0. The third-order valence-electron chi connectivity index (χ3n) is 3.54. The zero-order valence-corrected chi connectivity index (χ0v) is 14.1. The molecule has 0 saturated carbocycles. The number of aromatic hydroxyl groups is 1. The van der Waals surface area contributed by atoms with Gasteiger partial charge in [0.05, 0.1) is 12.1 Å². The Balaban J connectivity index is 1.70. The molecule has 1 heterocycles. The summed E-state index contributed by atoms with van der Waals surface area (Å²) >= 11 is 7.69. The third-order valence-corrected chi connectivity index (χ3v) is 4.52. The summed E-state index contributed by atoms with van der Waals surface area (Å²) in [5, 5.41) is 17.6. The molecular formula is C18H16ClNO2S. The Labute approximate surface area is 144 Å². The van der Waals surface area contributed by atoms with Crippen molar-refractivity contribution >= 4 is 28.6 Å². The molecule has 2 N–H and O–H groups in total. The van der Waals surface area contributed by atoms with E-state index in [0.29, 0.717) is 12.3 Å². The van der Waals surface area contributed by atoms with E-state index in [1.807, 2.05) is 12.1 Å². The lowest BCUT2D eigenvalue weighted by atomic mass is 10.1. The standard InChI is InChI=1S/C18H16ClNO2S/c1-22-17-9-12(8-16(19)18(17)21)10-20-15-4-2-13(3-5-15)14-6-7-23-11-14/h2-9,11,20-21H,10H2,1H3. The summed E-state index contributed by atoms with van der Waals surface area (Å²) in [6.45, 7) is 0.591. The number of hydrogen-bond donors (Lipinski definition) is 2. The van der Waals surface area contributed by atoms with Crippen LogP contribution >= 0.6 is 22.9 Å². The highest BCUT2D eigenvalue weighted by Crippen LogP contribution is 2.35. The van der Waals surface area contributed by atoms with Crippen molar-refractivity contribution in [3.63, 3.8) is 0 Å². The molecule has 2 aromatic carbocycles. The molecule has 0 unspecified atom stereocenters. The molecule has 0 amide bonds. The first-order valence-corrected chi connectivity index (χ1v) is 8.41. The first-order valence-electron chi connectivity index (χ1n) is 7.09. The van der Waals surface area contributed by atoms with Crippen LogP contribution in [0.3, 0.4) is 0 Å². The minimum absolute atomic E-state index is 0.0296. The molecule has 0 fully saturated rings. The first kappa shape index (κ1) is 15.7. The van der Waals surface area contributed by atoms with Gasteiger partial charge in [-0.25, -0.2) is 0 Å². The lowest BCUT2D eigenvalue weighted by Gasteiger charge is -2.11. The molecule has 0 radical (unpaired) electrons. The Morgan fingerprint density at radius 1 is 1.13 bits per heavy atom. The average molecular weight is 346 g/mol. The summed E-state index contributed by atoms with van der Waals surface area (Å²) < 4.78 is 5.11. The van der Waals surface area contributed by atoms with Crippen molar-refractivity contribution < 1.29 is 9.84 Å². The molecule has 0 spiro atoms. The normalized spacial score (nSPS) is 10.5. The van der Waals surface area contributed by atoms with Crippen LogP contribution in [0.2, 0.25) is 5.02 Å². The lowest BCUT2D eigenvalue weighted by Crippen LogP contribution is -2.00. The monoisotopic (exact) mass is 345 g/mol. The van der Waals surface area contributed by atoms with Crippen LogP contribution in [0.1, 0.15) is 5.56 Å². The molecule has 23 heavy (non-hydrogen) atoms. The molecular weight excluding hydrogens is 330 g/mol. The number of nitrogens with one attached hydrogen (secondary N) is 1. The van der Waals surface area contributed by atoms with Crippen molar-refractivity contribution in [2.75, 3.05) is 12.4 Å². The zero-order chi connectivity index (χ0) is 16.2. The van der Waals surface area contributed by atoms with E-state index in [9.17, 15) is 5.11 Å². The number of hydrogen-bond acceptors (Lipinski definition) is 4. The molecule has 0 bridgehead atoms. The molecule has 0 aliphatic rings. The minimum atomic E-state index is -0.0296. The fraction of sp³-hybridized carbons (Fsp3) is 0.111. The average Bonchev–Trinajstić information content (AvgIpc) is 3.11. The summed E-state index contributed by atoms with van der Waals surface area (Å²) in [7, 11) is 1.51. The van der Waals surface area contributed by atoms with Gasteiger partial charge in [0, 0.05) is 12.2 Å². The fourth-order valence-electron chi connectivity index (χ4n) is 2.30. The van der Waals surface area contributed by atoms with E-state index in [1.54, 1.807) is 23.5 Å². The van der Waals surface area contributed by atoms with Crippen LogP contribution in [0, 0.1) is 0 Å². The van der Waals surface area contributed by atoms with Crippen LogP contribution in [0.25, 0.3) is 11.1 Å². The molecule has 5 heteroatoms. The number of benzene rings is 2. The van der Waals surface area contributed by atoms with E-state index in [2.05, 4.69) is 34.3 Å². The number of halogens is 1. The summed E-state index contributed by atoms with van der Waals surface area (Å²) in [6, 6.07) is 13.9. The van der Waals surface area contributed by atoms with Crippen LogP contribution in [0.5, 0.6) is 11.5 Å². The van der Waals surface area contributed by atoms with Gasteiger partial charge in [0.1, 0.15) is 0 Å². The van der Waals surface area contributed by atoms with Gasteiger partial charge >= 0.3 is 0 Å². The van der Waals surface area contributed by atoms with Crippen molar-refractivity contribution in [3.05, 3.63) is 63.8 Å². The lowest BCUT2D eigenvalue weighted by molar-refractivity contribution is 0.373. The maximum atomic E-state index is 9.75. The van der Waals surface area contributed by atoms with E-state index in [1.165, 1.54) is 18.2 Å². The van der Waals surface area contributed by atoms with Gasteiger partial charge in [-0.1, -0.05) is 23.7 Å². The number of ether oxygens (including phenoxy) is 1. The van der Waals surface area contributed by atoms with Gasteiger partial charge in [-0.3, -0.25) is 0 Å². The van der Waals surface area contributed by atoms with Crippen molar-refractivity contribution in [1.29, 1.82) is 0 Å². The summed E-state index contributed by atoms with van der Waals surface area (Å²) in [5.74, 6) is 0.347. The van der Waals surface area contributed by atoms with Gasteiger partial charge in [-0.15, -0.1) is 0 Å². The maximum Gasteiger partial charge on any atom is 0.176 e. The highest BCUT2D eigenvalue weighted by molar-refractivity contribution is 7.08. The van der Waals surface area contributed by atoms with Crippen LogP contribution in [-0.4, -0.2) is 12.2 Å². The van der Waals surface area contributed by atoms with Gasteiger partial charge in [0.15, 0.2) is 11.5 Å². The summed E-state index contributed by atoms with van der Waals surface area (Å²) in [6.07, 6.45) is 0.